The van der Waals surface area contributed by atoms with Crippen LogP contribution < -0.4 is 15.6 Å². The van der Waals surface area contributed by atoms with Crippen molar-refractivity contribution in [1.29, 1.82) is 0 Å². The van der Waals surface area contributed by atoms with Crippen molar-refractivity contribution in [1.82, 2.24) is 9.29 Å². The lowest BCUT2D eigenvalue weighted by Gasteiger charge is -2.11. The molecule has 0 spiro atoms. The number of hydrogen-bond acceptors (Lipinski definition) is 5. The molecule has 12 heteroatoms. The van der Waals surface area contributed by atoms with E-state index in [4.69, 9.17) is 23.2 Å². The maximum absolute atomic E-state index is 14.8. The molecule has 0 aliphatic heterocycles. The Balaban J connectivity index is 1.57. The monoisotopic (exact) mass is 511 g/mol. The van der Waals surface area contributed by atoms with Gasteiger partial charge in [0.25, 0.3) is 15.6 Å². The second kappa shape index (κ2) is 8.55. The zero-order valence-electron chi connectivity index (χ0n) is 15.8. The van der Waals surface area contributed by atoms with Crippen molar-refractivity contribution < 1.29 is 17.6 Å². The van der Waals surface area contributed by atoms with Crippen molar-refractivity contribution in [2.75, 3.05) is 5.32 Å². The molecule has 7 nitrogen and oxygen atoms in total. The van der Waals surface area contributed by atoms with Gasteiger partial charge in [0.05, 0.1) is 10.0 Å². The van der Waals surface area contributed by atoms with Gasteiger partial charge in [0.2, 0.25) is 0 Å². The summed E-state index contributed by atoms with van der Waals surface area (Å²) in [5.41, 5.74) is -0.500. The standard InChI is InChI=1S/C20H12Cl2FN3O4S2/c21-12-1-3-14-11(9-12)7-8-26(19(14)27)16-4-2-13(10-15(16)23)24-20(28)25-32(29,30)18-6-5-17(22)31-18/h1-10H,(H2,24,25,28). The Morgan fingerprint density at radius 1 is 1.03 bits per heavy atom. The number of benzene rings is 2. The molecule has 2 aromatic heterocycles. The van der Waals surface area contributed by atoms with Crippen molar-refractivity contribution in [3.8, 4) is 5.69 Å². The van der Waals surface area contributed by atoms with Crippen LogP contribution in [0, 0.1) is 5.82 Å². The third-order valence-electron chi connectivity index (χ3n) is 4.37. The Labute approximate surface area is 195 Å². The maximum atomic E-state index is 14.8. The van der Waals surface area contributed by atoms with E-state index in [2.05, 4.69) is 5.32 Å². The molecule has 0 atom stereocenters. The summed E-state index contributed by atoms with van der Waals surface area (Å²) in [6, 6.07) is 11.5. The van der Waals surface area contributed by atoms with Gasteiger partial charge < -0.3 is 5.32 Å². The van der Waals surface area contributed by atoms with Crippen LogP contribution in [0.2, 0.25) is 9.36 Å². The van der Waals surface area contributed by atoms with Gasteiger partial charge in [-0.25, -0.2) is 22.3 Å². The third kappa shape index (κ3) is 4.49. The van der Waals surface area contributed by atoms with Gasteiger partial charge >= 0.3 is 6.03 Å². The number of hydrogen-bond donors (Lipinski definition) is 2. The maximum Gasteiger partial charge on any atom is 0.333 e. The highest BCUT2D eigenvalue weighted by atomic mass is 35.5. The third-order valence-corrected chi connectivity index (χ3v) is 7.66. The largest absolute Gasteiger partial charge is 0.333 e. The van der Waals surface area contributed by atoms with Gasteiger partial charge in [0, 0.05) is 22.3 Å². The number of rotatable bonds is 4. The van der Waals surface area contributed by atoms with Crippen LogP contribution >= 0.6 is 34.5 Å². The molecule has 2 N–H and O–H groups in total. The number of pyridine rings is 1. The van der Waals surface area contributed by atoms with Gasteiger partial charge in [0.1, 0.15) is 10.0 Å². The summed E-state index contributed by atoms with van der Waals surface area (Å²) in [4.78, 5) is 24.8. The van der Waals surface area contributed by atoms with Crippen LogP contribution in [-0.4, -0.2) is 19.0 Å². The van der Waals surface area contributed by atoms with Crippen molar-refractivity contribution >= 4 is 67.1 Å². The van der Waals surface area contributed by atoms with Crippen molar-refractivity contribution in [2.45, 2.75) is 4.21 Å². The molecule has 0 aliphatic rings. The van der Waals surface area contributed by atoms with Crippen molar-refractivity contribution in [3.05, 3.63) is 86.3 Å². The predicted octanol–water partition coefficient (Wildman–Crippen LogP) is 5.01. The summed E-state index contributed by atoms with van der Waals surface area (Å²) < 4.78 is 42.2. The lowest BCUT2D eigenvalue weighted by molar-refractivity contribution is 0.256. The fourth-order valence-corrected chi connectivity index (χ4v) is 5.53. The second-order valence-electron chi connectivity index (χ2n) is 6.51. The van der Waals surface area contributed by atoms with Crippen molar-refractivity contribution in [3.63, 3.8) is 0 Å². The van der Waals surface area contributed by atoms with Crippen LogP contribution in [0.25, 0.3) is 16.5 Å². The fraction of sp³-hybridized carbons (Fsp3) is 0. The molecule has 164 valence electrons. The number of carbonyl (C=O) groups is 1. The first-order chi connectivity index (χ1) is 15.1. The normalized spacial score (nSPS) is 11.5. The topological polar surface area (TPSA) is 97.3 Å². The SMILES string of the molecule is O=C(Nc1ccc(-n2ccc3cc(Cl)ccc3c2=O)c(F)c1)NS(=O)(=O)c1ccc(Cl)s1. The molecular formula is C20H12Cl2FN3O4S2. The summed E-state index contributed by atoms with van der Waals surface area (Å²) in [6.45, 7) is 0. The van der Waals surface area contributed by atoms with Crippen LogP contribution in [-0.2, 0) is 10.0 Å². The van der Waals surface area contributed by atoms with E-state index in [1.165, 1.54) is 30.5 Å². The first-order valence-electron chi connectivity index (χ1n) is 8.84. The van der Waals surface area contributed by atoms with E-state index in [1.54, 1.807) is 24.3 Å². The fourth-order valence-electron chi connectivity index (χ4n) is 2.96. The molecule has 0 aliphatic carbocycles. The molecule has 2 amide bonds. The molecule has 2 aromatic carbocycles. The zero-order valence-corrected chi connectivity index (χ0v) is 18.9. The number of amides is 2. The number of anilines is 1. The summed E-state index contributed by atoms with van der Waals surface area (Å²) in [5.74, 6) is -0.800. The molecule has 32 heavy (non-hydrogen) atoms. The number of halogens is 3. The van der Waals surface area contributed by atoms with E-state index in [0.29, 0.717) is 15.8 Å². The lowest BCUT2D eigenvalue weighted by atomic mass is 10.1. The zero-order chi connectivity index (χ0) is 23.0. The minimum Gasteiger partial charge on any atom is -0.307 e. The highest BCUT2D eigenvalue weighted by Gasteiger charge is 2.20. The molecule has 4 aromatic rings. The van der Waals surface area contributed by atoms with E-state index >= 15 is 0 Å². The number of sulfonamides is 1. The Bertz CT molecular complexity index is 1530. The highest BCUT2D eigenvalue weighted by Crippen LogP contribution is 2.25. The molecule has 0 saturated carbocycles. The molecule has 2 heterocycles. The molecule has 0 radical (unpaired) electrons. The molecule has 0 fully saturated rings. The van der Waals surface area contributed by atoms with E-state index in [1.807, 2.05) is 4.72 Å². The first kappa shape index (κ1) is 22.3. The van der Waals surface area contributed by atoms with Crippen LogP contribution in [0.5, 0.6) is 0 Å². The second-order valence-corrected chi connectivity index (χ2v) is 10.6. The minimum atomic E-state index is -4.13. The van der Waals surface area contributed by atoms with Gasteiger partial charge in [-0.15, -0.1) is 11.3 Å². The summed E-state index contributed by atoms with van der Waals surface area (Å²) in [7, 11) is -4.13. The van der Waals surface area contributed by atoms with Crippen LogP contribution in [0.3, 0.4) is 0 Å². The Hall–Kier alpha value is -2.92. The Morgan fingerprint density at radius 2 is 1.81 bits per heavy atom. The van der Waals surface area contributed by atoms with Crippen LogP contribution in [0.15, 0.2) is 69.8 Å². The van der Waals surface area contributed by atoms with Gasteiger partial charge in [0.15, 0.2) is 0 Å². The average Bonchev–Trinajstić information content (AvgIpc) is 3.16. The van der Waals surface area contributed by atoms with Gasteiger partial charge in [-0.2, -0.15) is 0 Å². The number of carbonyl (C=O) groups excluding carboxylic acids is 1. The van der Waals surface area contributed by atoms with E-state index in [9.17, 15) is 22.4 Å². The number of thiophene rings is 1. The first-order valence-corrected chi connectivity index (χ1v) is 11.9. The summed E-state index contributed by atoms with van der Waals surface area (Å²) in [6.07, 6.45) is 1.41. The van der Waals surface area contributed by atoms with E-state index < -0.39 is 27.4 Å². The number of urea groups is 1. The summed E-state index contributed by atoms with van der Waals surface area (Å²) in [5, 5.41) is 3.69. The van der Waals surface area contributed by atoms with Gasteiger partial charge in [-0.3, -0.25) is 9.36 Å². The van der Waals surface area contributed by atoms with Crippen LogP contribution in [0.1, 0.15) is 0 Å². The number of aromatic nitrogens is 1. The van der Waals surface area contributed by atoms with Crippen LogP contribution in [0.4, 0.5) is 14.9 Å². The van der Waals surface area contributed by atoms with Crippen molar-refractivity contribution in [2.24, 2.45) is 0 Å². The van der Waals surface area contributed by atoms with E-state index in [0.717, 1.165) is 22.0 Å². The molecular weight excluding hydrogens is 500 g/mol. The molecule has 0 saturated heterocycles. The molecule has 0 bridgehead atoms. The molecule has 0 unspecified atom stereocenters. The number of nitrogens with zero attached hydrogens (tertiary/aromatic N) is 1. The number of fused-ring (bicyclic) bond motifs is 1. The lowest BCUT2D eigenvalue weighted by Crippen LogP contribution is -2.34. The average molecular weight is 512 g/mol. The van der Waals surface area contributed by atoms with Gasteiger partial charge in [-0.1, -0.05) is 23.2 Å². The Morgan fingerprint density at radius 3 is 2.50 bits per heavy atom. The minimum absolute atomic E-state index is 0.0104. The van der Waals surface area contributed by atoms with E-state index in [-0.39, 0.29) is 19.9 Å². The smallest absolute Gasteiger partial charge is 0.307 e. The highest BCUT2D eigenvalue weighted by molar-refractivity contribution is 7.92. The quantitative estimate of drug-likeness (QED) is 0.402. The number of nitrogens with one attached hydrogen (secondary N) is 2. The van der Waals surface area contributed by atoms with Gasteiger partial charge in [-0.05, 0) is 60.0 Å². The summed E-state index contributed by atoms with van der Waals surface area (Å²) >= 11 is 12.4. The predicted molar refractivity (Wildman–Crippen MR) is 123 cm³/mol. The Kier molecular flexibility index (Phi) is 5.95. The molecule has 4 rings (SSSR count).